The number of carbonyl (C=O) groups excluding carboxylic acids is 5. The van der Waals surface area contributed by atoms with Gasteiger partial charge >= 0.3 is 11.9 Å². The van der Waals surface area contributed by atoms with Crippen LogP contribution in [0.25, 0.3) is 0 Å². The fourth-order valence-corrected chi connectivity index (χ4v) is 5.65. The van der Waals surface area contributed by atoms with Crippen molar-refractivity contribution in [3.63, 3.8) is 0 Å². The molecule has 2 aromatic rings. The van der Waals surface area contributed by atoms with Gasteiger partial charge in [-0.3, -0.25) is 19.3 Å². The van der Waals surface area contributed by atoms with Gasteiger partial charge in [-0.15, -0.1) is 0 Å². The van der Waals surface area contributed by atoms with Crippen LogP contribution in [0.2, 0.25) is 0 Å². The molecule has 1 aliphatic heterocycles. The van der Waals surface area contributed by atoms with Crippen molar-refractivity contribution >= 4 is 41.0 Å². The molecule has 9 heteroatoms. The number of methoxy groups -OCH3 is 1. The number of amides is 3. The number of nitrogens with one attached hydrogen (secondary N) is 1. The topological polar surface area (TPSA) is 119 Å². The number of hydrogen-bond donors (Lipinski definition) is 1. The number of fused-ring (bicyclic) bond motifs is 5. The number of imide groups is 1. The summed E-state index contributed by atoms with van der Waals surface area (Å²) in [5.74, 6) is -2.12. The van der Waals surface area contributed by atoms with Gasteiger partial charge in [0, 0.05) is 5.69 Å². The molecule has 0 radical (unpaired) electrons. The number of ether oxygens (including phenoxy) is 2. The van der Waals surface area contributed by atoms with E-state index >= 15 is 0 Å². The van der Waals surface area contributed by atoms with Gasteiger partial charge in [0.1, 0.15) is 0 Å². The minimum Gasteiger partial charge on any atom is -0.465 e. The van der Waals surface area contributed by atoms with Gasteiger partial charge < -0.3 is 14.8 Å². The van der Waals surface area contributed by atoms with E-state index in [0.717, 1.165) is 19.3 Å². The highest BCUT2D eigenvalue weighted by atomic mass is 16.5. The maximum Gasteiger partial charge on any atom is 0.338 e. The summed E-state index contributed by atoms with van der Waals surface area (Å²) >= 11 is 0. The molecule has 3 aliphatic rings. The standard InChI is InChI=1S/C26H24N2O7/c1-34-25(32)14-7-9-18(10-8-14)27-20(29)13-35-26(33)17-3-2-4-19(12-17)28-23(30)21-15-5-6-16(11-15)22(21)24(28)31/h2-4,7-10,12,15-16,21-22H,5-6,11,13H2,1H3,(H,27,29)/t15-,16+,21-,22-/m0/s1. The lowest BCUT2D eigenvalue weighted by Crippen LogP contribution is -2.32. The van der Waals surface area contributed by atoms with E-state index in [4.69, 9.17) is 4.74 Å². The highest BCUT2D eigenvalue weighted by Crippen LogP contribution is 2.56. The molecule has 2 aliphatic carbocycles. The van der Waals surface area contributed by atoms with Crippen LogP contribution in [0.1, 0.15) is 40.0 Å². The van der Waals surface area contributed by atoms with Crippen molar-refractivity contribution in [2.45, 2.75) is 19.3 Å². The summed E-state index contributed by atoms with van der Waals surface area (Å²) in [6.45, 7) is -0.531. The number of anilines is 2. The SMILES string of the molecule is COC(=O)c1ccc(NC(=O)COC(=O)c2cccc(N3C(=O)[C@H]4[C@@H]5CC[C@@H](C5)[C@@H]4C3=O)c2)cc1. The van der Waals surface area contributed by atoms with E-state index in [1.807, 2.05) is 0 Å². The van der Waals surface area contributed by atoms with E-state index < -0.39 is 24.5 Å². The van der Waals surface area contributed by atoms with Crippen LogP contribution in [0.3, 0.4) is 0 Å². The van der Waals surface area contributed by atoms with Gasteiger partial charge in [0.2, 0.25) is 11.8 Å². The summed E-state index contributed by atoms with van der Waals surface area (Å²) in [7, 11) is 1.28. The van der Waals surface area contributed by atoms with Crippen LogP contribution in [0.4, 0.5) is 11.4 Å². The fraction of sp³-hybridized carbons (Fsp3) is 0.346. The fourth-order valence-electron chi connectivity index (χ4n) is 5.65. The maximum atomic E-state index is 13.0. The van der Waals surface area contributed by atoms with E-state index in [2.05, 4.69) is 10.1 Å². The predicted octanol–water partition coefficient (Wildman–Crippen LogP) is 2.80. The van der Waals surface area contributed by atoms with Gasteiger partial charge in [-0.25, -0.2) is 9.59 Å². The molecule has 180 valence electrons. The van der Waals surface area contributed by atoms with Crippen LogP contribution in [0.15, 0.2) is 48.5 Å². The number of carbonyl (C=O) groups is 5. The van der Waals surface area contributed by atoms with Gasteiger partial charge in [-0.2, -0.15) is 0 Å². The second-order valence-corrected chi connectivity index (χ2v) is 9.14. The molecule has 3 amide bonds. The van der Waals surface area contributed by atoms with Crippen molar-refractivity contribution in [1.82, 2.24) is 0 Å². The van der Waals surface area contributed by atoms with Crippen LogP contribution in [0, 0.1) is 23.7 Å². The molecular weight excluding hydrogens is 452 g/mol. The Morgan fingerprint density at radius 1 is 0.914 bits per heavy atom. The van der Waals surface area contributed by atoms with Crippen molar-refractivity contribution in [1.29, 1.82) is 0 Å². The van der Waals surface area contributed by atoms with Crippen molar-refractivity contribution in [3.8, 4) is 0 Å². The van der Waals surface area contributed by atoms with Crippen LogP contribution in [-0.2, 0) is 23.9 Å². The second-order valence-electron chi connectivity index (χ2n) is 9.14. The first kappa shape index (κ1) is 22.8. The minimum atomic E-state index is -0.748. The molecule has 9 nitrogen and oxygen atoms in total. The molecule has 0 unspecified atom stereocenters. The first-order chi connectivity index (χ1) is 16.9. The van der Waals surface area contributed by atoms with Gasteiger partial charge in [0.15, 0.2) is 6.61 Å². The van der Waals surface area contributed by atoms with Crippen molar-refractivity contribution in [2.24, 2.45) is 23.7 Å². The smallest absolute Gasteiger partial charge is 0.338 e. The molecule has 3 fully saturated rings. The summed E-state index contributed by atoms with van der Waals surface area (Å²) in [6.07, 6.45) is 2.93. The third kappa shape index (κ3) is 4.07. The predicted molar refractivity (Wildman–Crippen MR) is 123 cm³/mol. The van der Waals surface area contributed by atoms with Crippen LogP contribution < -0.4 is 10.2 Å². The molecule has 0 spiro atoms. The molecule has 5 rings (SSSR count). The summed E-state index contributed by atoms with van der Waals surface area (Å²) in [5, 5.41) is 2.57. The Morgan fingerprint density at radius 2 is 1.57 bits per heavy atom. The van der Waals surface area contributed by atoms with E-state index in [1.54, 1.807) is 12.1 Å². The molecule has 35 heavy (non-hydrogen) atoms. The van der Waals surface area contributed by atoms with Crippen molar-refractivity contribution in [3.05, 3.63) is 59.7 Å². The molecule has 2 saturated carbocycles. The zero-order valence-electron chi connectivity index (χ0n) is 19.1. The minimum absolute atomic E-state index is 0.137. The molecule has 1 heterocycles. The lowest BCUT2D eigenvalue weighted by Gasteiger charge is -2.19. The Kier molecular flexibility index (Phi) is 5.84. The van der Waals surface area contributed by atoms with Gasteiger partial charge in [0.25, 0.3) is 5.91 Å². The maximum absolute atomic E-state index is 13.0. The quantitative estimate of drug-likeness (QED) is 0.503. The number of benzene rings is 2. The van der Waals surface area contributed by atoms with Crippen LogP contribution >= 0.6 is 0 Å². The van der Waals surface area contributed by atoms with Gasteiger partial charge in [0.05, 0.1) is 35.8 Å². The highest BCUT2D eigenvalue weighted by Gasteiger charge is 2.61. The third-order valence-corrected chi connectivity index (χ3v) is 7.19. The lowest BCUT2D eigenvalue weighted by atomic mass is 9.81. The van der Waals surface area contributed by atoms with E-state index in [9.17, 15) is 24.0 Å². The summed E-state index contributed by atoms with van der Waals surface area (Å²) < 4.78 is 9.74. The average molecular weight is 476 g/mol. The monoisotopic (exact) mass is 476 g/mol. The molecule has 2 aromatic carbocycles. The Morgan fingerprint density at radius 3 is 2.20 bits per heavy atom. The Hall–Kier alpha value is -4.01. The van der Waals surface area contributed by atoms with E-state index in [-0.39, 0.29) is 41.0 Å². The number of hydrogen-bond acceptors (Lipinski definition) is 7. The van der Waals surface area contributed by atoms with Crippen LogP contribution in [0.5, 0.6) is 0 Å². The Balaban J connectivity index is 1.20. The molecule has 4 atom stereocenters. The zero-order valence-corrected chi connectivity index (χ0v) is 19.1. The third-order valence-electron chi connectivity index (χ3n) is 7.19. The second kappa shape index (κ2) is 8.98. The highest BCUT2D eigenvalue weighted by molar-refractivity contribution is 6.22. The van der Waals surface area contributed by atoms with Crippen LogP contribution in [-0.4, -0.2) is 43.4 Å². The number of nitrogens with zero attached hydrogens (tertiary/aromatic N) is 1. The Labute approximate surface area is 201 Å². The molecule has 0 aromatic heterocycles. The van der Waals surface area contributed by atoms with Gasteiger partial charge in [-0.1, -0.05) is 6.07 Å². The largest absolute Gasteiger partial charge is 0.465 e. The molecule has 1 saturated heterocycles. The molecule has 1 N–H and O–H groups in total. The summed E-state index contributed by atoms with van der Waals surface area (Å²) in [6, 6.07) is 12.2. The summed E-state index contributed by atoms with van der Waals surface area (Å²) in [5.41, 5.74) is 1.24. The van der Waals surface area contributed by atoms with E-state index in [1.165, 1.54) is 48.4 Å². The first-order valence-electron chi connectivity index (χ1n) is 11.5. The summed E-state index contributed by atoms with van der Waals surface area (Å²) in [4.78, 5) is 63.5. The average Bonchev–Trinajstić information content (AvgIpc) is 3.56. The normalized spacial score (nSPS) is 24.3. The Bertz CT molecular complexity index is 1190. The lowest BCUT2D eigenvalue weighted by molar-refractivity contribution is -0.123. The number of rotatable bonds is 6. The molecule has 2 bridgehead atoms. The van der Waals surface area contributed by atoms with Gasteiger partial charge in [-0.05, 0) is 73.6 Å². The van der Waals surface area contributed by atoms with Crippen molar-refractivity contribution < 1.29 is 33.4 Å². The first-order valence-corrected chi connectivity index (χ1v) is 11.5. The molecular formula is C26H24N2O7. The number of esters is 2. The zero-order chi connectivity index (χ0) is 24.7. The van der Waals surface area contributed by atoms with E-state index in [0.29, 0.717) is 16.9 Å². The van der Waals surface area contributed by atoms with Crippen molar-refractivity contribution in [2.75, 3.05) is 23.9 Å².